The molecule has 0 atom stereocenters. The van der Waals surface area contributed by atoms with Gasteiger partial charge in [0.25, 0.3) is 5.91 Å². The third kappa shape index (κ3) is 3.02. The molecule has 0 aliphatic carbocycles. The van der Waals surface area contributed by atoms with Crippen molar-refractivity contribution in [2.24, 2.45) is 0 Å². The fraction of sp³-hybridized carbons (Fsp3) is 0.333. The number of nitrogens with zero attached hydrogens (tertiary/aromatic N) is 4. The highest BCUT2D eigenvalue weighted by Gasteiger charge is 2.23. The maximum absolute atomic E-state index is 12.8. The molecule has 4 rings (SSSR count). The van der Waals surface area contributed by atoms with E-state index in [1.807, 2.05) is 49.7 Å². The quantitative estimate of drug-likeness (QED) is 0.758. The first-order chi connectivity index (χ1) is 13.3. The SMILES string of the molecule is CC(=O)N1CCc2cc(NC(=O)c3cc4cnn(C(C)C)c4nc3C)ccc21. The number of hydrogen-bond donors (Lipinski definition) is 1. The summed E-state index contributed by atoms with van der Waals surface area (Å²) in [6.07, 6.45) is 2.53. The van der Waals surface area contributed by atoms with E-state index in [1.165, 1.54) is 0 Å². The minimum absolute atomic E-state index is 0.0347. The minimum Gasteiger partial charge on any atom is -0.322 e. The van der Waals surface area contributed by atoms with E-state index in [-0.39, 0.29) is 17.9 Å². The Morgan fingerprint density at radius 2 is 2.00 bits per heavy atom. The Hall–Kier alpha value is -3.22. The Labute approximate surface area is 163 Å². The van der Waals surface area contributed by atoms with Gasteiger partial charge in [0.1, 0.15) is 0 Å². The topological polar surface area (TPSA) is 80.1 Å². The van der Waals surface area contributed by atoms with E-state index in [0.717, 1.165) is 28.7 Å². The van der Waals surface area contributed by atoms with E-state index >= 15 is 0 Å². The van der Waals surface area contributed by atoms with Gasteiger partial charge in [0.15, 0.2) is 5.65 Å². The summed E-state index contributed by atoms with van der Waals surface area (Å²) in [6.45, 7) is 8.18. The second kappa shape index (κ2) is 6.74. The summed E-state index contributed by atoms with van der Waals surface area (Å²) in [5, 5.41) is 8.17. The molecule has 0 saturated carbocycles. The predicted molar refractivity (Wildman–Crippen MR) is 109 cm³/mol. The van der Waals surface area contributed by atoms with Crippen LogP contribution < -0.4 is 10.2 Å². The lowest BCUT2D eigenvalue weighted by Crippen LogP contribution is -2.25. The summed E-state index contributed by atoms with van der Waals surface area (Å²) < 4.78 is 1.85. The van der Waals surface area contributed by atoms with Gasteiger partial charge >= 0.3 is 0 Å². The number of rotatable bonds is 3. The molecule has 1 N–H and O–H groups in total. The maximum Gasteiger partial charge on any atom is 0.257 e. The van der Waals surface area contributed by atoms with E-state index in [9.17, 15) is 9.59 Å². The Balaban J connectivity index is 1.61. The molecule has 3 aromatic rings. The molecule has 28 heavy (non-hydrogen) atoms. The van der Waals surface area contributed by atoms with Gasteiger partial charge in [0, 0.05) is 36.3 Å². The summed E-state index contributed by atoms with van der Waals surface area (Å²) >= 11 is 0. The number of carbonyl (C=O) groups excluding carboxylic acids is 2. The molecule has 0 fully saturated rings. The number of benzene rings is 1. The van der Waals surface area contributed by atoms with E-state index in [0.29, 0.717) is 23.5 Å². The zero-order chi connectivity index (χ0) is 20.0. The molecule has 1 aliphatic heterocycles. The summed E-state index contributed by atoms with van der Waals surface area (Å²) in [7, 11) is 0. The first kappa shape index (κ1) is 18.2. The van der Waals surface area contributed by atoms with Gasteiger partial charge in [-0.25, -0.2) is 9.67 Å². The molecular formula is C21H23N5O2. The van der Waals surface area contributed by atoms with Crippen LogP contribution in [0.25, 0.3) is 11.0 Å². The summed E-state index contributed by atoms with van der Waals surface area (Å²) in [6, 6.07) is 7.69. The van der Waals surface area contributed by atoms with Gasteiger partial charge in [-0.15, -0.1) is 0 Å². The third-order valence-corrected chi connectivity index (χ3v) is 5.11. The van der Waals surface area contributed by atoms with Gasteiger partial charge < -0.3 is 10.2 Å². The van der Waals surface area contributed by atoms with Crippen molar-refractivity contribution in [2.75, 3.05) is 16.8 Å². The van der Waals surface area contributed by atoms with E-state index in [4.69, 9.17) is 0 Å². The number of hydrogen-bond acceptors (Lipinski definition) is 4. The van der Waals surface area contributed by atoms with E-state index in [2.05, 4.69) is 15.4 Å². The van der Waals surface area contributed by atoms with Crippen LogP contribution in [0.2, 0.25) is 0 Å². The summed E-state index contributed by atoms with van der Waals surface area (Å²) in [4.78, 5) is 30.9. The molecule has 1 aliphatic rings. The van der Waals surface area contributed by atoms with Crippen molar-refractivity contribution in [2.45, 2.75) is 40.2 Å². The van der Waals surface area contributed by atoms with Gasteiger partial charge in [0.2, 0.25) is 5.91 Å². The van der Waals surface area contributed by atoms with Crippen LogP contribution in [-0.4, -0.2) is 33.1 Å². The van der Waals surface area contributed by atoms with Crippen LogP contribution in [0, 0.1) is 6.92 Å². The molecular weight excluding hydrogens is 354 g/mol. The molecule has 7 nitrogen and oxygen atoms in total. The van der Waals surface area contributed by atoms with Crippen molar-refractivity contribution in [1.29, 1.82) is 0 Å². The predicted octanol–water partition coefficient (Wildman–Crippen LogP) is 3.48. The van der Waals surface area contributed by atoms with Crippen LogP contribution in [0.5, 0.6) is 0 Å². The second-order valence-corrected chi connectivity index (χ2v) is 7.44. The fourth-order valence-corrected chi connectivity index (χ4v) is 3.68. The first-order valence-electron chi connectivity index (χ1n) is 9.42. The number of anilines is 2. The highest BCUT2D eigenvalue weighted by Crippen LogP contribution is 2.31. The standard InChI is InChI=1S/C21H23N5O2/c1-12(2)26-20-16(11-22-26)10-18(13(3)23-20)21(28)24-17-5-6-19-15(9-17)7-8-25(19)14(4)27/h5-6,9-12H,7-8H2,1-4H3,(H,24,28). The lowest BCUT2D eigenvalue weighted by Gasteiger charge is -2.15. The number of nitrogens with one attached hydrogen (secondary N) is 1. The number of aryl methyl sites for hydroxylation is 1. The summed E-state index contributed by atoms with van der Waals surface area (Å²) in [5.74, 6) is -0.168. The molecule has 0 unspecified atom stereocenters. The van der Waals surface area contributed by atoms with E-state index in [1.54, 1.807) is 18.0 Å². The van der Waals surface area contributed by atoms with Crippen LogP contribution in [0.3, 0.4) is 0 Å². The number of amides is 2. The molecule has 3 heterocycles. The third-order valence-electron chi connectivity index (χ3n) is 5.11. The van der Waals surface area contributed by atoms with Gasteiger partial charge in [-0.3, -0.25) is 9.59 Å². The number of aromatic nitrogens is 3. The van der Waals surface area contributed by atoms with Crippen molar-refractivity contribution < 1.29 is 9.59 Å². The lowest BCUT2D eigenvalue weighted by molar-refractivity contribution is -0.116. The maximum atomic E-state index is 12.8. The van der Waals surface area contributed by atoms with Crippen LogP contribution in [0.1, 0.15) is 48.4 Å². The average Bonchev–Trinajstić information content (AvgIpc) is 3.24. The van der Waals surface area contributed by atoms with Crippen molar-refractivity contribution in [1.82, 2.24) is 14.8 Å². The summed E-state index contributed by atoms with van der Waals surface area (Å²) in [5.41, 5.74) is 4.68. The molecule has 144 valence electrons. The van der Waals surface area contributed by atoms with Crippen LogP contribution in [-0.2, 0) is 11.2 Å². The minimum atomic E-state index is -0.203. The monoisotopic (exact) mass is 377 g/mol. The molecule has 0 bridgehead atoms. The normalized spacial score (nSPS) is 13.2. The largest absolute Gasteiger partial charge is 0.322 e. The fourth-order valence-electron chi connectivity index (χ4n) is 3.68. The highest BCUT2D eigenvalue weighted by molar-refractivity contribution is 6.07. The molecule has 0 saturated heterocycles. The Kier molecular flexibility index (Phi) is 4.37. The molecule has 1 aromatic carbocycles. The molecule has 7 heteroatoms. The van der Waals surface area contributed by atoms with Gasteiger partial charge in [-0.1, -0.05) is 0 Å². The second-order valence-electron chi connectivity index (χ2n) is 7.44. The first-order valence-corrected chi connectivity index (χ1v) is 9.42. The molecule has 0 spiro atoms. The lowest BCUT2D eigenvalue weighted by atomic mass is 10.1. The number of carbonyl (C=O) groups is 2. The highest BCUT2D eigenvalue weighted by atomic mass is 16.2. The Morgan fingerprint density at radius 3 is 2.71 bits per heavy atom. The van der Waals surface area contributed by atoms with Crippen molar-refractivity contribution in [3.05, 3.63) is 47.3 Å². The van der Waals surface area contributed by atoms with Crippen molar-refractivity contribution in [3.8, 4) is 0 Å². The number of pyridine rings is 1. The van der Waals surface area contributed by atoms with Crippen molar-refractivity contribution in [3.63, 3.8) is 0 Å². The molecule has 2 amide bonds. The van der Waals surface area contributed by atoms with Gasteiger partial charge in [-0.2, -0.15) is 5.10 Å². The van der Waals surface area contributed by atoms with E-state index < -0.39 is 0 Å². The smallest absolute Gasteiger partial charge is 0.257 e. The van der Waals surface area contributed by atoms with Gasteiger partial charge in [0.05, 0.1) is 17.5 Å². The molecule has 0 radical (unpaired) electrons. The van der Waals surface area contributed by atoms with Gasteiger partial charge in [-0.05, 0) is 57.0 Å². The van der Waals surface area contributed by atoms with Crippen LogP contribution >= 0.6 is 0 Å². The zero-order valence-electron chi connectivity index (χ0n) is 16.5. The van der Waals surface area contributed by atoms with Crippen LogP contribution in [0.15, 0.2) is 30.5 Å². The molecule has 2 aromatic heterocycles. The Bertz CT molecular complexity index is 1100. The number of fused-ring (bicyclic) bond motifs is 2. The average molecular weight is 377 g/mol. The van der Waals surface area contributed by atoms with Crippen LogP contribution in [0.4, 0.5) is 11.4 Å². The van der Waals surface area contributed by atoms with Crippen molar-refractivity contribution >= 4 is 34.2 Å². The zero-order valence-corrected chi connectivity index (χ0v) is 16.5. The Morgan fingerprint density at radius 1 is 1.21 bits per heavy atom.